The summed E-state index contributed by atoms with van der Waals surface area (Å²) in [7, 11) is 0. The maximum Gasteiger partial charge on any atom is 0.182 e. The first-order chi connectivity index (χ1) is 10.2. The maximum atomic E-state index is 5.99. The number of ether oxygens (including phenoxy) is 1. The number of aromatic nitrogens is 4. The molecule has 1 aliphatic heterocycles. The molecule has 3 rings (SSSR count). The van der Waals surface area contributed by atoms with Crippen LogP contribution in [0.2, 0.25) is 0 Å². The molecular weight excluding hydrogens is 266 g/mol. The first-order valence-electron chi connectivity index (χ1n) is 7.44. The van der Waals surface area contributed by atoms with Crippen molar-refractivity contribution >= 4 is 5.69 Å². The summed E-state index contributed by atoms with van der Waals surface area (Å²) in [6.07, 6.45) is 2.40. The second-order valence-electron chi connectivity index (χ2n) is 5.57. The van der Waals surface area contributed by atoms with E-state index < -0.39 is 0 Å². The lowest BCUT2D eigenvalue weighted by atomic mass is 9.99. The van der Waals surface area contributed by atoms with Crippen molar-refractivity contribution in [3.05, 3.63) is 23.8 Å². The van der Waals surface area contributed by atoms with E-state index >= 15 is 0 Å². The zero-order valence-electron chi connectivity index (χ0n) is 12.5. The topological polar surface area (TPSA) is 78.8 Å². The molecule has 0 amide bonds. The largest absolute Gasteiger partial charge is 0.398 e. The minimum Gasteiger partial charge on any atom is -0.398 e. The highest BCUT2D eigenvalue weighted by Gasteiger charge is 2.28. The van der Waals surface area contributed by atoms with Crippen molar-refractivity contribution in [2.45, 2.75) is 39.3 Å². The highest BCUT2D eigenvalue weighted by molar-refractivity contribution is 5.67. The van der Waals surface area contributed by atoms with E-state index in [1.54, 1.807) is 0 Å². The number of anilines is 1. The molecule has 0 saturated carbocycles. The minimum absolute atomic E-state index is 0.309. The fourth-order valence-electron chi connectivity index (χ4n) is 2.99. The van der Waals surface area contributed by atoms with E-state index in [1.165, 1.54) is 0 Å². The molecule has 0 bridgehead atoms. The smallest absolute Gasteiger partial charge is 0.182 e. The standard InChI is InChI=1S/C15H21N5O/c1-3-14-11(7-8-21-14)9-20-15(17-18-19-20)12-5-4-6-13(16)10(12)2/h4-6,11,14H,3,7-9,16H2,1-2H3. The molecule has 0 aliphatic carbocycles. The van der Waals surface area contributed by atoms with E-state index in [0.29, 0.717) is 12.0 Å². The highest BCUT2D eigenvalue weighted by atomic mass is 16.5. The van der Waals surface area contributed by atoms with Gasteiger partial charge in [0.1, 0.15) is 0 Å². The van der Waals surface area contributed by atoms with Gasteiger partial charge in [-0.05, 0) is 41.8 Å². The Morgan fingerprint density at radius 2 is 2.29 bits per heavy atom. The van der Waals surface area contributed by atoms with Crippen LogP contribution in [0.5, 0.6) is 0 Å². The number of hydrogen-bond donors (Lipinski definition) is 1. The van der Waals surface area contributed by atoms with Gasteiger partial charge in [-0.1, -0.05) is 19.1 Å². The van der Waals surface area contributed by atoms with Crippen LogP contribution >= 0.6 is 0 Å². The second kappa shape index (κ2) is 5.81. The average Bonchev–Trinajstić information content (AvgIpc) is 3.11. The Hall–Kier alpha value is -1.95. The van der Waals surface area contributed by atoms with E-state index in [0.717, 1.165) is 48.6 Å². The second-order valence-corrected chi connectivity index (χ2v) is 5.57. The Balaban J connectivity index is 1.89. The van der Waals surface area contributed by atoms with Gasteiger partial charge in [0.05, 0.1) is 12.6 Å². The van der Waals surface area contributed by atoms with Crippen molar-refractivity contribution < 1.29 is 4.74 Å². The summed E-state index contributed by atoms with van der Waals surface area (Å²) in [4.78, 5) is 0. The lowest BCUT2D eigenvalue weighted by Gasteiger charge is -2.17. The summed E-state index contributed by atoms with van der Waals surface area (Å²) in [6.45, 7) is 5.77. The van der Waals surface area contributed by atoms with Gasteiger partial charge in [0.2, 0.25) is 0 Å². The third kappa shape index (κ3) is 2.63. The molecule has 1 aromatic carbocycles. The van der Waals surface area contributed by atoms with Crippen LogP contribution in [0.15, 0.2) is 18.2 Å². The summed E-state index contributed by atoms with van der Waals surface area (Å²) in [5.41, 5.74) is 8.76. The van der Waals surface area contributed by atoms with Crippen LogP contribution < -0.4 is 5.73 Å². The summed E-state index contributed by atoms with van der Waals surface area (Å²) in [6, 6.07) is 5.84. The van der Waals surface area contributed by atoms with Crippen LogP contribution in [0, 0.1) is 12.8 Å². The predicted octanol–water partition coefficient (Wildman–Crippen LogP) is 2.05. The van der Waals surface area contributed by atoms with Crippen LogP contribution in [0.1, 0.15) is 25.3 Å². The third-order valence-corrected chi connectivity index (χ3v) is 4.30. The van der Waals surface area contributed by atoms with Crippen LogP contribution in [0.25, 0.3) is 11.4 Å². The molecule has 0 spiro atoms. The van der Waals surface area contributed by atoms with E-state index in [9.17, 15) is 0 Å². The van der Waals surface area contributed by atoms with Gasteiger partial charge in [-0.3, -0.25) is 0 Å². The number of hydrogen-bond acceptors (Lipinski definition) is 5. The molecule has 2 atom stereocenters. The van der Waals surface area contributed by atoms with E-state index in [-0.39, 0.29) is 0 Å². The molecule has 0 radical (unpaired) electrons. The van der Waals surface area contributed by atoms with Crippen molar-refractivity contribution in [2.24, 2.45) is 5.92 Å². The van der Waals surface area contributed by atoms with Crippen LogP contribution in [-0.4, -0.2) is 32.9 Å². The molecule has 2 unspecified atom stereocenters. The lowest BCUT2D eigenvalue weighted by molar-refractivity contribution is 0.0825. The molecule has 6 nitrogen and oxygen atoms in total. The van der Waals surface area contributed by atoms with Gasteiger partial charge in [0.15, 0.2) is 5.82 Å². The zero-order chi connectivity index (χ0) is 14.8. The number of tetrazole rings is 1. The van der Waals surface area contributed by atoms with E-state index in [1.807, 2.05) is 29.8 Å². The number of benzene rings is 1. The van der Waals surface area contributed by atoms with Gasteiger partial charge in [-0.25, -0.2) is 4.68 Å². The average molecular weight is 287 g/mol. The van der Waals surface area contributed by atoms with E-state index in [4.69, 9.17) is 10.5 Å². The number of nitrogen functional groups attached to an aromatic ring is 1. The van der Waals surface area contributed by atoms with Gasteiger partial charge >= 0.3 is 0 Å². The molecule has 112 valence electrons. The van der Waals surface area contributed by atoms with E-state index in [2.05, 4.69) is 22.4 Å². The Kier molecular flexibility index (Phi) is 3.88. The minimum atomic E-state index is 0.309. The molecule has 2 heterocycles. The van der Waals surface area contributed by atoms with Crippen molar-refractivity contribution in [3.63, 3.8) is 0 Å². The Labute approximate surface area is 124 Å². The number of nitrogens with zero attached hydrogens (tertiary/aromatic N) is 4. The fourth-order valence-corrected chi connectivity index (χ4v) is 2.99. The Morgan fingerprint density at radius 3 is 3.10 bits per heavy atom. The Bertz CT molecular complexity index is 624. The van der Waals surface area contributed by atoms with Crippen molar-refractivity contribution in [1.82, 2.24) is 20.2 Å². The van der Waals surface area contributed by atoms with Crippen molar-refractivity contribution in [2.75, 3.05) is 12.3 Å². The third-order valence-electron chi connectivity index (χ3n) is 4.30. The molecule has 1 aromatic heterocycles. The quantitative estimate of drug-likeness (QED) is 0.871. The SMILES string of the molecule is CCC1OCCC1Cn1nnnc1-c1cccc(N)c1C. The fraction of sp³-hybridized carbons (Fsp3) is 0.533. The summed E-state index contributed by atoms with van der Waals surface area (Å²) in [5.74, 6) is 1.25. The summed E-state index contributed by atoms with van der Waals surface area (Å²) < 4.78 is 7.63. The molecule has 1 aliphatic rings. The molecule has 2 N–H and O–H groups in total. The number of rotatable bonds is 4. The molecule has 2 aromatic rings. The summed E-state index contributed by atoms with van der Waals surface area (Å²) in [5, 5.41) is 12.2. The zero-order valence-corrected chi connectivity index (χ0v) is 12.5. The molecule has 1 fully saturated rings. The first-order valence-corrected chi connectivity index (χ1v) is 7.44. The van der Waals surface area contributed by atoms with Crippen molar-refractivity contribution in [3.8, 4) is 11.4 Å². The lowest BCUT2D eigenvalue weighted by Crippen LogP contribution is -2.21. The maximum absolute atomic E-state index is 5.99. The molecular formula is C15H21N5O. The van der Waals surface area contributed by atoms with Gasteiger partial charge in [0, 0.05) is 23.8 Å². The number of nitrogens with two attached hydrogens (primary N) is 1. The van der Waals surface area contributed by atoms with Gasteiger partial charge < -0.3 is 10.5 Å². The molecule has 1 saturated heterocycles. The Morgan fingerprint density at radius 1 is 1.43 bits per heavy atom. The first kappa shape index (κ1) is 14.0. The normalized spacial score (nSPS) is 21.8. The van der Waals surface area contributed by atoms with Crippen LogP contribution in [-0.2, 0) is 11.3 Å². The summed E-state index contributed by atoms with van der Waals surface area (Å²) >= 11 is 0. The van der Waals surface area contributed by atoms with Gasteiger partial charge in [-0.15, -0.1) is 5.10 Å². The predicted molar refractivity (Wildman–Crippen MR) is 80.5 cm³/mol. The van der Waals surface area contributed by atoms with Gasteiger partial charge in [-0.2, -0.15) is 0 Å². The highest BCUT2D eigenvalue weighted by Crippen LogP contribution is 2.28. The van der Waals surface area contributed by atoms with Crippen molar-refractivity contribution in [1.29, 1.82) is 0 Å². The molecule has 21 heavy (non-hydrogen) atoms. The monoisotopic (exact) mass is 287 g/mol. The van der Waals surface area contributed by atoms with Crippen LogP contribution in [0.3, 0.4) is 0 Å². The van der Waals surface area contributed by atoms with Crippen LogP contribution in [0.4, 0.5) is 5.69 Å². The van der Waals surface area contributed by atoms with Gasteiger partial charge in [0.25, 0.3) is 0 Å². The molecule has 6 heteroatoms.